The minimum absolute atomic E-state index is 0.0486. The summed E-state index contributed by atoms with van der Waals surface area (Å²) >= 11 is 0. The molecule has 2 aromatic rings. The van der Waals surface area contributed by atoms with Gasteiger partial charge in [-0.15, -0.1) is 0 Å². The van der Waals surface area contributed by atoms with Gasteiger partial charge in [0.15, 0.2) is 0 Å². The fourth-order valence-corrected chi connectivity index (χ4v) is 5.63. The molecule has 0 aromatic heterocycles. The average molecular weight is 576 g/mol. The number of carbonyl (C=O) groups excluding carboxylic acids is 2. The van der Waals surface area contributed by atoms with Gasteiger partial charge in [0.05, 0.1) is 19.8 Å². The van der Waals surface area contributed by atoms with Crippen LogP contribution in [-0.2, 0) is 21.1 Å². The Labute approximate surface area is 241 Å². The highest BCUT2D eigenvalue weighted by molar-refractivity contribution is 5.77. The van der Waals surface area contributed by atoms with E-state index in [4.69, 9.17) is 4.74 Å². The van der Waals surface area contributed by atoms with Crippen LogP contribution in [0.25, 0.3) is 11.1 Å². The second kappa shape index (κ2) is 14.6. The summed E-state index contributed by atoms with van der Waals surface area (Å²) in [4.78, 5) is 26.5. The van der Waals surface area contributed by atoms with Gasteiger partial charge in [-0.05, 0) is 75.0 Å². The number of methoxy groups -OCH3 is 2. The molecule has 0 radical (unpaired) electrons. The van der Waals surface area contributed by atoms with Crippen molar-refractivity contribution >= 4 is 12.0 Å². The Morgan fingerprint density at radius 2 is 1.85 bits per heavy atom. The van der Waals surface area contributed by atoms with Crippen molar-refractivity contribution in [1.29, 1.82) is 0 Å². The molecule has 10 heteroatoms. The average Bonchev–Trinajstić information content (AvgIpc) is 2.98. The standard InChI is InChI=1S/C31H43F2N3O5/c1-30(32,33)22-14-15-27(40-3)25(20-22)24-11-5-6-12-26(24)31(39,16-9-18-35-29(38)41-4)23-10-8-19-36(21-23)28(37)13-7-17-34-2/h5-6,11-12,14-15,20,23,34,39H,7-10,13,16-19,21H2,1-4H3,(H,35,38)/t23-,31+/m1/s1. The number of piperidine rings is 1. The van der Waals surface area contributed by atoms with Gasteiger partial charge < -0.3 is 30.1 Å². The highest BCUT2D eigenvalue weighted by Crippen LogP contribution is 2.46. The van der Waals surface area contributed by atoms with Gasteiger partial charge in [-0.3, -0.25) is 4.79 Å². The summed E-state index contributed by atoms with van der Waals surface area (Å²) in [7, 11) is 4.61. The number of carbonyl (C=O) groups is 2. The summed E-state index contributed by atoms with van der Waals surface area (Å²) in [6.45, 7) is 2.86. The third-order valence-electron chi connectivity index (χ3n) is 7.85. The van der Waals surface area contributed by atoms with Crippen molar-refractivity contribution in [2.24, 2.45) is 5.92 Å². The molecule has 0 unspecified atom stereocenters. The third-order valence-corrected chi connectivity index (χ3v) is 7.85. The number of nitrogens with one attached hydrogen (secondary N) is 2. The van der Waals surface area contributed by atoms with E-state index in [0.29, 0.717) is 54.8 Å². The fourth-order valence-electron chi connectivity index (χ4n) is 5.63. The number of aliphatic hydroxyl groups is 1. The number of halogens is 2. The molecule has 226 valence electrons. The Morgan fingerprint density at radius 1 is 1.10 bits per heavy atom. The number of alkyl halides is 2. The maximum atomic E-state index is 14.4. The Bertz CT molecular complexity index is 1170. The molecule has 0 aliphatic carbocycles. The fraction of sp³-hybridized carbons (Fsp3) is 0.548. The van der Waals surface area contributed by atoms with Gasteiger partial charge in [-0.25, -0.2) is 13.6 Å². The number of benzene rings is 2. The summed E-state index contributed by atoms with van der Waals surface area (Å²) in [5.41, 5.74) is 0.0152. The lowest BCUT2D eigenvalue weighted by atomic mass is 9.72. The number of likely N-dealkylation sites (tertiary alicyclic amines) is 1. The van der Waals surface area contributed by atoms with E-state index in [1.165, 1.54) is 32.4 Å². The summed E-state index contributed by atoms with van der Waals surface area (Å²) in [6.07, 6.45) is 2.69. The molecule has 0 bridgehead atoms. The monoisotopic (exact) mass is 575 g/mol. The zero-order valence-corrected chi connectivity index (χ0v) is 24.5. The first kappa shape index (κ1) is 32.3. The minimum Gasteiger partial charge on any atom is -0.496 e. The topological polar surface area (TPSA) is 100 Å². The molecule has 8 nitrogen and oxygen atoms in total. The van der Waals surface area contributed by atoms with Crippen molar-refractivity contribution in [3.8, 4) is 16.9 Å². The highest BCUT2D eigenvalue weighted by atomic mass is 19.3. The zero-order valence-electron chi connectivity index (χ0n) is 24.5. The molecule has 0 spiro atoms. The lowest BCUT2D eigenvalue weighted by Crippen LogP contribution is -2.48. The van der Waals surface area contributed by atoms with E-state index in [1.54, 1.807) is 12.1 Å². The maximum absolute atomic E-state index is 14.4. The zero-order chi connectivity index (χ0) is 30.0. The van der Waals surface area contributed by atoms with E-state index in [-0.39, 0.29) is 30.4 Å². The van der Waals surface area contributed by atoms with E-state index in [0.717, 1.165) is 26.3 Å². The largest absolute Gasteiger partial charge is 0.496 e. The van der Waals surface area contributed by atoms with Crippen LogP contribution in [0.15, 0.2) is 42.5 Å². The summed E-state index contributed by atoms with van der Waals surface area (Å²) in [5.74, 6) is -2.92. The van der Waals surface area contributed by atoms with Crippen molar-refractivity contribution in [2.45, 2.75) is 57.0 Å². The quantitative estimate of drug-likeness (QED) is 0.290. The van der Waals surface area contributed by atoms with E-state index in [2.05, 4.69) is 15.4 Å². The van der Waals surface area contributed by atoms with Crippen LogP contribution in [0.5, 0.6) is 5.75 Å². The van der Waals surface area contributed by atoms with Gasteiger partial charge in [0.2, 0.25) is 5.91 Å². The molecule has 2 aromatic carbocycles. The third kappa shape index (κ3) is 8.16. The molecular weight excluding hydrogens is 532 g/mol. The second-order valence-corrected chi connectivity index (χ2v) is 10.7. The number of rotatable bonds is 13. The van der Waals surface area contributed by atoms with Gasteiger partial charge in [0, 0.05) is 50.0 Å². The first-order valence-corrected chi connectivity index (χ1v) is 14.2. The molecule has 3 rings (SSSR count). The lowest BCUT2D eigenvalue weighted by Gasteiger charge is -2.44. The van der Waals surface area contributed by atoms with Crippen LogP contribution in [0.1, 0.15) is 56.6 Å². The second-order valence-electron chi connectivity index (χ2n) is 10.7. The molecule has 1 fully saturated rings. The molecule has 41 heavy (non-hydrogen) atoms. The van der Waals surface area contributed by atoms with Crippen molar-refractivity contribution < 1.29 is 33.0 Å². The normalized spacial score (nSPS) is 17.0. The number of ether oxygens (including phenoxy) is 2. The number of amides is 2. The highest BCUT2D eigenvalue weighted by Gasteiger charge is 2.42. The minimum atomic E-state index is -3.07. The van der Waals surface area contributed by atoms with Crippen molar-refractivity contribution in [1.82, 2.24) is 15.5 Å². The number of hydrogen-bond donors (Lipinski definition) is 3. The van der Waals surface area contributed by atoms with Crippen LogP contribution >= 0.6 is 0 Å². The van der Waals surface area contributed by atoms with E-state index in [1.807, 2.05) is 24.1 Å². The first-order chi connectivity index (χ1) is 19.5. The summed E-state index contributed by atoms with van der Waals surface area (Å²) in [5, 5.41) is 18.3. The van der Waals surface area contributed by atoms with E-state index < -0.39 is 17.6 Å². The predicted octanol–water partition coefficient (Wildman–Crippen LogP) is 5.04. The summed E-state index contributed by atoms with van der Waals surface area (Å²) < 4.78 is 39.0. The van der Waals surface area contributed by atoms with E-state index >= 15 is 0 Å². The molecule has 1 aliphatic rings. The van der Waals surface area contributed by atoms with Crippen LogP contribution in [-0.4, -0.2) is 69.5 Å². The smallest absolute Gasteiger partial charge is 0.406 e. The Morgan fingerprint density at radius 3 is 2.54 bits per heavy atom. The van der Waals surface area contributed by atoms with Gasteiger partial charge in [0.25, 0.3) is 5.92 Å². The van der Waals surface area contributed by atoms with Crippen molar-refractivity contribution in [3.63, 3.8) is 0 Å². The van der Waals surface area contributed by atoms with Crippen LogP contribution in [0.2, 0.25) is 0 Å². The van der Waals surface area contributed by atoms with Crippen molar-refractivity contribution in [2.75, 3.05) is 47.4 Å². The molecule has 1 aliphatic heterocycles. The Kier molecular flexibility index (Phi) is 11.5. The Hall–Kier alpha value is -3.24. The molecule has 0 saturated carbocycles. The van der Waals surface area contributed by atoms with Crippen LogP contribution in [0, 0.1) is 5.92 Å². The molecule has 2 amide bonds. The van der Waals surface area contributed by atoms with Crippen LogP contribution in [0.3, 0.4) is 0 Å². The summed E-state index contributed by atoms with van der Waals surface area (Å²) in [6, 6.07) is 11.5. The van der Waals surface area contributed by atoms with Crippen LogP contribution in [0.4, 0.5) is 13.6 Å². The van der Waals surface area contributed by atoms with Crippen molar-refractivity contribution in [3.05, 3.63) is 53.6 Å². The first-order valence-electron chi connectivity index (χ1n) is 14.2. The predicted molar refractivity (Wildman–Crippen MR) is 154 cm³/mol. The number of hydrogen-bond acceptors (Lipinski definition) is 6. The molecule has 1 saturated heterocycles. The molecule has 3 N–H and O–H groups in total. The van der Waals surface area contributed by atoms with Gasteiger partial charge in [0.1, 0.15) is 5.75 Å². The van der Waals surface area contributed by atoms with Gasteiger partial charge in [-0.1, -0.05) is 24.3 Å². The molecular formula is C31H43F2N3O5. The molecule has 2 atom stereocenters. The van der Waals surface area contributed by atoms with Crippen LogP contribution < -0.4 is 15.4 Å². The molecule has 1 heterocycles. The Balaban J connectivity index is 2.04. The maximum Gasteiger partial charge on any atom is 0.406 e. The number of nitrogens with zero attached hydrogens (tertiary/aromatic N) is 1. The van der Waals surface area contributed by atoms with Gasteiger partial charge >= 0.3 is 6.09 Å². The number of alkyl carbamates (subject to hydrolysis) is 1. The van der Waals surface area contributed by atoms with E-state index in [9.17, 15) is 23.5 Å². The SMILES string of the molecule is CNCCCC(=O)N1CCC[C@@H]([C@@](O)(CCCNC(=O)OC)c2ccccc2-c2cc(C(C)(F)F)ccc2OC)C1. The van der Waals surface area contributed by atoms with Gasteiger partial charge in [-0.2, -0.15) is 0 Å². The lowest BCUT2D eigenvalue weighted by molar-refractivity contribution is -0.136.